The van der Waals surface area contributed by atoms with E-state index in [0.29, 0.717) is 0 Å². The number of esters is 1. The molecule has 0 spiro atoms. The first-order valence-electron chi connectivity index (χ1n) is 8.17. The highest BCUT2D eigenvalue weighted by Gasteiger charge is 2.22. The van der Waals surface area contributed by atoms with Crippen LogP contribution >= 0.6 is 6.89 Å². The average molecular weight is 357 g/mol. The van der Waals surface area contributed by atoms with E-state index in [1.165, 1.54) is 11.6 Å². The Bertz CT molecular complexity index is 723. The van der Waals surface area contributed by atoms with E-state index in [4.69, 9.17) is 9.47 Å². The van der Waals surface area contributed by atoms with E-state index >= 15 is 0 Å². The van der Waals surface area contributed by atoms with Gasteiger partial charge in [-0.15, -0.1) is 0 Å². The summed E-state index contributed by atoms with van der Waals surface area (Å²) in [5.74, 6) is 2.20. The number of benzene rings is 2. The molecule has 2 aromatic carbocycles. The minimum absolute atomic E-state index is 0.276. The molecule has 0 aromatic heterocycles. The van der Waals surface area contributed by atoms with Crippen LogP contribution in [0.2, 0.25) is 0 Å². The molecule has 0 aliphatic carbocycles. The van der Waals surface area contributed by atoms with Crippen molar-refractivity contribution in [2.24, 2.45) is 0 Å². The number of rotatable bonds is 7. The molecule has 0 saturated heterocycles. The van der Waals surface area contributed by atoms with Crippen molar-refractivity contribution < 1.29 is 19.4 Å². The van der Waals surface area contributed by atoms with Crippen LogP contribution in [0.5, 0.6) is 0 Å². The second-order valence-electron chi connectivity index (χ2n) is 5.21. The van der Waals surface area contributed by atoms with Crippen molar-refractivity contribution in [3.05, 3.63) is 72.4 Å². The van der Waals surface area contributed by atoms with Crippen molar-refractivity contribution in [1.82, 2.24) is 0 Å². The first kappa shape index (κ1) is 18.9. The minimum atomic E-state index is -2.57. The summed E-state index contributed by atoms with van der Waals surface area (Å²) in [4.78, 5) is 12.3. The molecule has 132 valence electrons. The predicted octanol–water partition coefficient (Wildman–Crippen LogP) is 2.22. The van der Waals surface area contributed by atoms with Crippen LogP contribution in [0.1, 0.15) is 13.8 Å². The van der Waals surface area contributed by atoms with Crippen LogP contribution in [0.15, 0.2) is 72.4 Å². The second-order valence-corrected chi connectivity index (χ2v) is 8.31. The van der Waals surface area contributed by atoms with Gasteiger partial charge in [-0.05, 0) is 36.8 Å². The summed E-state index contributed by atoms with van der Waals surface area (Å²) < 4.78 is 10.3. The standard InChI is InChI=1S/C20H23O4P/c1-3-23-19(21)15-25(16-20(22)24-4-2,17-11-7-5-8-12-17)18-13-9-6-10-14-18/h5-16,21H,3-4H2,1-2H3/p-1. The van der Waals surface area contributed by atoms with Crippen molar-refractivity contribution in [2.75, 3.05) is 13.2 Å². The van der Waals surface area contributed by atoms with Gasteiger partial charge in [0.15, 0.2) is 0 Å². The fourth-order valence-corrected chi connectivity index (χ4v) is 5.64. The number of hydrogen-bond acceptors (Lipinski definition) is 4. The third kappa shape index (κ3) is 4.77. The Morgan fingerprint density at radius 3 is 1.84 bits per heavy atom. The molecule has 0 saturated carbocycles. The maximum absolute atomic E-state index is 12.3. The van der Waals surface area contributed by atoms with Crippen molar-refractivity contribution in [3.63, 3.8) is 0 Å². The number of carbonyl (C=O) groups is 1. The van der Waals surface area contributed by atoms with E-state index in [9.17, 15) is 9.90 Å². The number of hydrogen-bond donors (Lipinski definition) is 0. The largest absolute Gasteiger partial charge is 0.613 e. The molecule has 0 aliphatic rings. The van der Waals surface area contributed by atoms with Crippen LogP contribution in [0.4, 0.5) is 0 Å². The zero-order valence-corrected chi connectivity index (χ0v) is 15.3. The smallest absolute Gasteiger partial charge is 0.331 e. The van der Waals surface area contributed by atoms with Gasteiger partial charge in [-0.1, -0.05) is 67.6 Å². The molecule has 2 rings (SSSR count). The Hall–Kier alpha value is -2.45. The van der Waals surface area contributed by atoms with E-state index in [0.717, 1.165) is 10.6 Å². The normalized spacial score (nSPS) is 11.7. The van der Waals surface area contributed by atoms with Crippen LogP contribution in [-0.2, 0) is 14.3 Å². The highest BCUT2D eigenvalue weighted by atomic mass is 31.2. The molecule has 0 N–H and O–H groups in total. The van der Waals surface area contributed by atoms with E-state index in [2.05, 4.69) is 0 Å². The third-order valence-corrected chi connectivity index (χ3v) is 7.10. The Kier molecular flexibility index (Phi) is 6.91. The molecular weight excluding hydrogens is 335 g/mol. The number of ether oxygens (including phenoxy) is 2. The lowest BCUT2D eigenvalue weighted by atomic mass is 10.4. The first-order chi connectivity index (χ1) is 12.1. The zero-order valence-electron chi connectivity index (χ0n) is 14.4. The Morgan fingerprint density at radius 1 is 0.920 bits per heavy atom. The Labute approximate surface area is 148 Å². The van der Waals surface area contributed by atoms with E-state index in [-0.39, 0.29) is 13.2 Å². The van der Waals surface area contributed by atoms with E-state index < -0.39 is 18.8 Å². The van der Waals surface area contributed by atoms with Gasteiger partial charge in [-0.2, -0.15) is 0 Å². The lowest BCUT2D eigenvalue weighted by Gasteiger charge is -2.26. The Balaban J connectivity index is 2.78. The number of carbonyl (C=O) groups excluding carboxylic acids is 1. The quantitative estimate of drug-likeness (QED) is 0.433. The molecule has 0 radical (unpaired) electrons. The topological polar surface area (TPSA) is 58.6 Å². The summed E-state index contributed by atoms with van der Waals surface area (Å²) >= 11 is 0. The van der Waals surface area contributed by atoms with Gasteiger partial charge >= 0.3 is 5.97 Å². The summed E-state index contributed by atoms with van der Waals surface area (Å²) in [5.41, 5.74) is 0. The van der Waals surface area contributed by atoms with Crippen LogP contribution in [0, 0.1) is 0 Å². The molecule has 0 atom stereocenters. The van der Waals surface area contributed by atoms with Gasteiger partial charge in [-0.3, -0.25) is 0 Å². The van der Waals surface area contributed by atoms with Gasteiger partial charge in [0.05, 0.1) is 12.6 Å². The Morgan fingerprint density at radius 2 is 1.40 bits per heavy atom. The predicted molar refractivity (Wildman–Crippen MR) is 101 cm³/mol. The SMILES string of the molecule is CCOC(=O)C=P(C=C([O-])OCC)(c1ccccc1)c1ccccc1. The molecule has 4 nitrogen and oxygen atoms in total. The van der Waals surface area contributed by atoms with Crippen molar-refractivity contribution in [3.8, 4) is 0 Å². The van der Waals surface area contributed by atoms with E-state index in [1.54, 1.807) is 13.8 Å². The maximum atomic E-state index is 12.3. The van der Waals surface area contributed by atoms with Crippen molar-refractivity contribution >= 4 is 29.3 Å². The molecule has 2 aromatic rings. The first-order valence-corrected chi connectivity index (χ1v) is 10.1. The highest BCUT2D eigenvalue weighted by molar-refractivity contribution is 7.91. The molecule has 0 bridgehead atoms. The zero-order chi connectivity index (χ0) is 18.1. The van der Waals surface area contributed by atoms with Gasteiger partial charge < -0.3 is 14.6 Å². The molecular formula is C20H22O4P-. The molecule has 0 aliphatic heterocycles. The second kappa shape index (κ2) is 9.14. The average Bonchev–Trinajstić information content (AvgIpc) is 2.63. The highest BCUT2D eigenvalue weighted by Crippen LogP contribution is 2.46. The molecule has 0 unspecified atom stereocenters. The summed E-state index contributed by atoms with van der Waals surface area (Å²) in [6, 6.07) is 19.1. The van der Waals surface area contributed by atoms with E-state index in [1.807, 2.05) is 60.7 Å². The maximum Gasteiger partial charge on any atom is 0.331 e. The molecule has 5 heteroatoms. The minimum Gasteiger partial charge on any atom is -0.613 e. The monoisotopic (exact) mass is 357 g/mol. The summed E-state index contributed by atoms with van der Waals surface area (Å²) in [6.07, 6.45) is 0. The van der Waals surface area contributed by atoms with Gasteiger partial charge in [0.2, 0.25) is 0 Å². The van der Waals surface area contributed by atoms with Gasteiger partial charge in [-0.25, -0.2) is 4.79 Å². The van der Waals surface area contributed by atoms with Crippen LogP contribution in [0.25, 0.3) is 0 Å². The fourth-order valence-electron chi connectivity index (χ4n) is 2.53. The lowest BCUT2D eigenvalue weighted by Crippen LogP contribution is -2.22. The molecule has 0 fully saturated rings. The summed E-state index contributed by atoms with van der Waals surface area (Å²) in [6.45, 7) is 1.49. The summed E-state index contributed by atoms with van der Waals surface area (Å²) in [7, 11) is 0. The third-order valence-electron chi connectivity index (χ3n) is 3.56. The van der Waals surface area contributed by atoms with Crippen molar-refractivity contribution in [2.45, 2.75) is 13.8 Å². The van der Waals surface area contributed by atoms with Crippen LogP contribution in [-0.4, -0.2) is 25.0 Å². The van der Waals surface area contributed by atoms with Gasteiger partial charge in [0, 0.05) is 5.80 Å². The fraction of sp³-hybridized carbons (Fsp3) is 0.200. The summed E-state index contributed by atoms with van der Waals surface area (Å²) in [5, 5.41) is 14.1. The van der Waals surface area contributed by atoms with Gasteiger partial charge in [0.1, 0.15) is 0 Å². The molecule has 0 heterocycles. The lowest BCUT2D eigenvalue weighted by molar-refractivity contribution is -0.356. The van der Waals surface area contributed by atoms with Crippen molar-refractivity contribution in [1.29, 1.82) is 0 Å². The van der Waals surface area contributed by atoms with Gasteiger partial charge in [0.25, 0.3) is 0 Å². The van der Waals surface area contributed by atoms with Crippen LogP contribution in [0.3, 0.4) is 0 Å². The molecule has 25 heavy (non-hydrogen) atoms. The van der Waals surface area contributed by atoms with Crippen LogP contribution < -0.4 is 15.7 Å². The molecule has 0 amide bonds.